The lowest BCUT2D eigenvalue weighted by Gasteiger charge is -2.15. The van der Waals surface area contributed by atoms with E-state index in [1.54, 1.807) is 0 Å². The van der Waals surface area contributed by atoms with Gasteiger partial charge in [0.25, 0.3) is 0 Å². The first kappa shape index (κ1) is 13.8. The van der Waals surface area contributed by atoms with Crippen LogP contribution in [0.2, 0.25) is 0 Å². The molecule has 0 saturated heterocycles. The van der Waals surface area contributed by atoms with Gasteiger partial charge in [0.15, 0.2) is 0 Å². The van der Waals surface area contributed by atoms with Crippen molar-refractivity contribution in [3.63, 3.8) is 0 Å². The third-order valence-electron chi connectivity index (χ3n) is 4.03. The number of aliphatic hydroxyl groups is 1. The number of rotatable bonds is 3. The van der Waals surface area contributed by atoms with Crippen LogP contribution in [0.3, 0.4) is 0 Å². The van der Waals surface area contributed by atoms with Gasteiger partial charge in [-0.3, -0.25) is 4.79 Å². The predicted molar refractivity (Wildman–Crippen MR) is 83.4 cm³/mol. The minimum Gasteiger partial charge on any atom is -0.384 e. The molecule has 1 aliphatic rings. The third-order valence-corrected chi connectivity index (χ3v) is 4.03. The summed E-state index contributed by atoms with van der Waals surface area (Å²) in [5.41, 5.74) is 5.90. The average Bonchev–Trinajstić information content (AvgIpc) is 2.86. The van der Waals surface area contributed by atoms with E-state index in [2.05, 4.69) is 12.2 Å². The van der Waals surface area contributed by atoms with E-state index in [1.165, 1.54) is 5.56 Å². The maximum Gasteiger partial charge on any atom is 0.228 e. The van der Waals surface area contributed by atoms with Crippen LogP contribution in [0, 0.1) is 6.92 Å². The van der Waals surface area contributed by atoms with Gasteiger partial charge < -0.3 is 10.4 Å². The van der Waals surface area contributed by atoms with Crippen molar-refractivity contribution in [2.45, 2.75) is 32.8 Å². The summed E-state index contributed by atoms with van der Waals surface area (Å²) in [6.07, 6.45) is 0.574. The maximum atomic E-state index is 11.6. The molecule has 0 bridgehead atoms. The van der Waals surface area contributed by atoms with Gasteiger partial charge in [-0.25, -0.2) is 0 Å². The molecule has 0 aliphatic carbocycles. The lowest BCUT2D eigenvalue weighted by molar-refractivity contribution is -0.115. The van der Waals surface area contributed by atoms with Crippen LogP contribution in [0.15, 0.2) is 36.4 Å². The summed E-state index contributed by atoms with van der Waals surface area (Å²) < 4.78 is 0. The smallest absolute Gasteiger partial charge is 0.228 e. The molecule has 0 aromatic heterocycles. The van der Waals surface area contributed by atoms with Crippen LogP contribution in [-0.2, 0) is 17.6 Å². The molecular weight excluding hydrogens is 262 g/mol. The Bertz CT molecular complexity index is 689. The molecule has 2 aromatic carbocycles. The molecule has 1 atom stereocenters. The number of carbonyl (C=O) groups excluding carboxylic acids is 1. The van der Waals surface area contributed by atoms with Crippen molar-refractivity contribution >= 4 is 11.6 Å². The minimum atomic E-state index is -0.656. The van der Waals surface area contributed by atoms with Gasteiger partial charge in [-0.05, 0) is 35.6 Å². The number of carbonyl (C=O) groups is 1. The largest absolute Gasteiger partial charge is 0.384 e. The molecule has 1 unspecified atom stereocenters. The van der Waals surface area contributed by atoms with Gasteiger partial charge in [0.05, 0.1) is 6.42 Å². The number of hydrogen-bond donors (Lipinski definition) is 2. The Morgan fingerprint density at radius 2 is 1.90 bits per heavy atom. The molecule has 0 saturated carbocycles. The van der Waals surface area contributed by atoms with E-state index in [0.29, 0.717) is 6.42 Å². The van der Waals surface area contributed by atoms with Crippen molar-refractivity contribution in [1.29, 1.82) is 0 Å². The number of amides is 1. The van der Waals surface area contributed by atoms with E-state index in [1.807, 2.05) is 43.3 Å². The number of nitrogens with one attached hydrogen (secondary N) is 1. The van der Waals surface area contributed by atoms with Gasteiger partial charge in [0.1, 0.15) is 6.10 Å². The standard InChI is InChI=1S/C18H19NO2/c1-3-12-8-15(9-14-10-16(20)19-17(12)14)18(21)13-6-4-11(2)5-7-13/h4-9,18,21H,3,10H2,1-2H3,(H,19,20). The Balaban J connectivity index is 2.01. The highest BCUT2D eigenvalue weighted by Crippen LogP contribution is 2.33. The van der Waals surface area contributed by atoms with Crippen molar-refractivity contribution in [3.05, 3.63) is 64.2 Å². The van der Waals surface area contributed by atoms with Crippen molar-refractivity contribution in [2.75, 3.05) is 5.32 Å². The molecule has 2 aromatic rings. The molecular formula is C18H19NO2. The third kappa shape index (κ3) is 2.57. The van der Waals surface area contributed by atoms with Gasteiger partial charge in [0, 0.05) is 5.69 Å². The van der Waals surface area contributed by atoms with Crippen LogP contribution in [0.5, 0.6) is 0 Å². The zero-order valence-electron chi connectivity index (χ0n) is 12.3. The monoisotopic (exact) mass is 281 g/mol. The summed E-state index contributed by atoms with van der Waals surface area (Å²) >= 11 is 0. The van der Waals surface area contributed by atoms with E-state index in [4.69, 9.17) is 0 Å². The summed E-state index contributed by atoms with van der Waals surface area (Å²) in [5, 5.41) is 13.5. The van der Waals surface area contributed by atoms with E-state index >= 15 is 0 Å². The van der Waals surface area contributed by atoms with Gasteiger partial charge in [-0.15, -0.1) is 0 Å². The van der Waals surface area contributed by atoms with Crippen LogP contribution in [0.4, 0.5) is 5.69 Å². The summed E-state index contributed by atoms with van der Waals surface area (Å²) in [5.74, 6) is 0.0293. The number of aryl methyl sites for hydroxylation is 2. The highest BCUT2D eigenvalue weighted by molar-refractivity contribution is 6.00. The molecule has 3 heteroatoms. The van der Waals surface area contributed by atoms with E-state index in [9.17, 15) is 9.90 Å². The number of hydrogen-bond acceptors (Lipinski definition) is 2. The van der Waals surface area contributed by atoms with E-state index in [0.717, 1.165) is 34.4 Å². The summed E-state index contributed by atoms with van der Waals surface area (Å²) in [7, 11) is 0. The number of fused-ring (bicyclic) bond motifs is 1. The highest BCUT2D eigenvalue weighted by atomic mass is 16.3. The highest BCUT2D eigenvalue weighted by Gasteiger charge is 2.23. The fourth-order valence-corrected chi connectivity index (χ4v) is 2.83. The average molecular weight is 281 g/mol. The maximum absolute atomic E-state index is 11.6. The Morgan fingerprint density at radius 1 is 1.19 bits per heavy atom. The molecule has 108 valence electrons. The van der Waals surface area contributed by atoms with E-state index < -0.39 is 6.10 Å². The van der Waals surface area contributed by atoms with Crippen molar-refractivity contribution in [2.24, 2.45) is 0 Å². The lowest BCUT2D eigenvalue weighted by Crippen LogP contribution is -2.05. The summed E-state index contributed by atoms with van der Waals surface area (Å²) in [6.45, 7) is 4.08. The fourth-order valence-electron chi connectivity index (χ4n) is 2.83. The molecule has 3 nitrogen and oxygen atoms in total. The quantitative estimate of drug-likeness (QED) is 0.908. The summed E-state index contributed by atoms with van der Waals surface area (Å²) in [4.78, 5) is 11.6. The number of benzene rings is 2. The van der Waals surface area contributed by atoms with Crippen LogP contribution < -0.4 is 5.32 Å². The molecule has 3 rings (SSSR count). The van der Waals surface area contributed by atoms with Gasteiger partial charge in [-0.1, -0.05) is 48.9 Å². The second-order valence-electron chi connectivity index (χ2n) is 5.61. The first-order valence-electron chi connectivity index (χ1n) is 7.28. The SMILES string of the molecule is CCc1cc(C(O)c2ccc(C)cc2)cc2c1NC(=O)C2. The molecule has 1 aliphatic heterocycles. The van der Waals surface area contributed by atoms with Crippen LogP contribution >= 0.6 is 0 Å². The van der Waals surface area contributed by atoms with Gasteiger partial charge in [0.2, 0.25) is 5.91 Å². The summed E-state index contributed by atoms with van der Waals surface area (Å²) in [6, 6.07) is 11.8. The van der Waals surface area contributed by atoms with Gasteiger partial charge in [-0.2, -0.15) is 0 Å². The molecule has 0 fully saturated rings. The molecule has 1 amide bonds. The van der Waals surface area contributed by atoms with Crippen LogP contribution in [0.1, 0.15) is 40.8 Å². The molecule has 0 radical (unpaired) electrons. The van der Waals surface area contributed by atoms with E-state index in [-0.39, 0.29) is 5.91 Å². The van der Waals surface area contributed by atoms with Crippen LogP contribution in [-0.4, -0.2) is 11.0 Å². The zero-order valence-corrected chi connectivity index (χ0v) is 12.3. The normalized spacial score (nSPS) is 14.7. The first-order chi connectivity index (χ1) is 10.1. The fraction of sp³-hybridized carbons (Fsp3) is 0.278. The Labute approximate surface area is 124 Å². The molecule has 1 heterocycles. The molecule has 0 spiro atoms. The Kier molecular flexibility index (Phi) is 3.52. The lowest BCUT2D eigenvalue weighted by atomic mass is 9.94. The number of aliphatic hydroxyl groups excluding tert-OH is 1. The Morgan fingerprint density at radius 3 is 2.57 bits per heavy atom. The molecule has 2 N–H and O–H groups in total. The molecule has 21 heavy (non-hydrogen) atoms. The Hall–Kier alpha value is -2.13. The second-order valence-corrected chi connectivity index (χ2v) is 5.61. The topological polar surface area (TPSA) is 49.3 Å². The second kappa shape index (κ2) is 5.34. The van der Waals surface area contributed by atoms with Crippen LogP contribution in [0.25, 0.3) is 0 Å². The first-order valence-corrected chi connectivity index (χ1v) is 7.28. The minimum absolute atomic E-state index is 0.0293. The zero-order chi connectivity index (χ0) is 15.0. The van der Waals surface area contributed by atoms with Crippen molar-refractivity contribution < 1.29 is 9.90 Å². The van der Waals surface area contributed by atoms with Crippen molar-refractivity contribution in [3.8, 4) is 0 Å². The van der Waals surface area contributed by atoms with Crippen molar-refractivity contribution in [1.82, 2.24) is 0 Å². The predicted octanol–water partition coefficient (Wildman–Crippen LogP) is 3.13. The van der Waals surface area contributed by atoms with Gasteiger partial charge >= 0.3 is 0 Å². The number of anilines is 1.